The van der Waals surface area contributed by atoms with Crippen LogP contribution in [0.1, 0.15) is 38.2 Å². The number of hydrogen-bond donors (Lipinski definition) is 0. The number of nitriles is 1. The predicted molar refractivity (Wildman–Crippen MR) is 107 cm³/mol. The summed E-state index contributed by atoms with van der Waals surface area (Å²) in [5, 5.41) is 8.89. The van der Waals surface area contributed by atoms with Gasteiger partial charge in [-0.2, -0.15) is 5.26 Å². The van der Waals surface area contributed by atoms with Gasteiger partial charge in [-0.1, -0.05) is 62.6 Å². The number of ether oxygens (including phenoxy) is 1. The molecule has 1 heterocycles. The van der Waals surface area contributed by atoms with Crippen LogP contribution < -0.4 is 4.74 Å². The molecule has 0 aliphatic rings. The van der Waals surface area contributed by atoms with Crippen LogP contribution in [0.4, 0.5) is 0 Å². The van der Waals surface area contributed by atoms with E-state index in [9.17, 15) is 0 Å². The first-order valence-corrected chi connectivity index (χ1v) is 9.36. The van der Waals surface area contributed by atoms with E-state index in [4.69, 9.17) is 10.00 Å². The lowest BCUT2D eigenvalue weighted by Crippen LogP contribution is -1.99. The molecule has 0 bridgehead atoms. The van der Waals surface area contributed by atoms with E-state index in [0.717, 1.165) is 23.1 Å². The fourth-order valence-corrected chi connectivity index (χ4v) is 2.81. The van der Waals surface area contributed by atoms with Crippen molar-refractivity contribution < 1.29 is 4.74 Å². The zero-order chi connectivity index (χ0) is 18.9. The smallest absolute Gasteiger partial charge is 0.159 e. The second-order valence-electron chi connectivity index (χ2n) is 6.42. The van der Waals surface area contributed by atoms with E-state index in [1.54, 1.807) is 12.4 Å². The van der Waals surface area contributed by atoms with Gasteiger partial charge in [0.15, 0.2) is 11.6 Å². The third-order valence-corrected chi connectivity index (χ3v) is 4.39. The van der Waals surface area contributed by atoms with Crippen LogP contribution in [0.25, 0.3) is 22.5 Å². The Balaban J connectivity index is 1.62. The summed E-state index contributed by atoms with van der Waals surface area (Å²) in [6, 6.07) is 17.8. The fourth-order valence-electron chi connectivity index (χ4n) is 2.81. The van der Waals surface area contributed by atoms with Crippen molar-refractivity contribution in [2.45, 2.75) is 32.6 Å². The zero-order valence-corrected chi connectivity index (χ0v) is 15.6. The van der Waals surface area contributed by atoms with Gasteiger partial charge in [0.05, 0.1) is 30.6 Å². The lowest BCUT2D eigenvalue weighted by Gasteiger charge is -2.07. The van der Waals surface area contributed by atoms with Gasteiger partial charge in [-0.25, -0.2) is 9.97 Å². The van der Waals surface area contributed by atoms with Gasteiger partial charge in [-0.3, -0.25) is 0 Å². The van der Waals surface area contributed by atoms with Crippen molar-refractivity contribution in [3.63, 3.8) is 0 Å². The molecule has 4 nitrogen and oxygen atoms in total. The molecular weight excluding hydrogens is 334 g/mol. The molecule has 0 aliphatic carbocycles. The molecule has 0 unspecified atom stereocenters. The van der Waals surface area contributed by atoms with Crippen LogP contribution in [0.15, 0.2) is 60.9 Å². The van der Waals surface area contributed by atoms with E-state index < -0.39 is 0 Å². The molecule has 2 aromatic carbocycles. The monoisotopic (exact) mass is 357 g/mol. The predicted octanol–water partition coefficient (Wildman–Crippen LogP) is 5.64. The molecule has 0 N–H and O–H groups in total. The molecule has 0 saturated heterocycles. The highest BCUT2D eigenvalue weighted by Gasteiger charge is 2.04. The Labute approximate surface area is 160 Å². The van der Waals surface area contributed by atoms with Crippen molar-refractivity contribution in [3.05, 3.63) is 66.5 Å². The maximum absolute atomic E-state index is 8.89. The SMILES string of the molecule is CCCCCCOc1cnc(-c2ccc(-c3ccc(C#N)cc3)cc2)nc1. The number of hydrogen-bond acceptors (Lipinski definition) is 4. The van der Waals surface area contributed by atoms with E-state index in [1.807, 2.05) is 48.5 Å². The molecular formula is C23H23N3O. The highest BCUT2D eigenvalue weighted by Crippen LogP contribution is 2.24. The van der Waals surface area contributed by atoms with Crippen LogP contribution in [-0.2, 0) is 0 Å². The maximum Gasteiger partial charge on any atom is 0.159 e. The van der Waals surface area contributed by atoms with Crippen LogP contribution in [0.3, 0.4) is 0 Å². The normalized spacial score (nSPS) is 10.4. The minimum atomic E-state index is 0.663. The summed E-state index contributed by atoms with van der Waals surface area (Å²) in [5.41, 5.74) is 3.79. The van der Waals surface area contributed by atoms with Gasteiger partial charge in [0.2, 0.25) is 0 Å². The first-order chi connectivity index (χ1) is 13.3. The van der Waals surface area contributed by atoms with Gasteiger partial charge in [-0.15, -0.1) is 0 Å². The minimum absolute atomic E-state index is 0.663. The molecule has 3 rings (SSSR count). The summed E-state index contributed by atoms with van der Waals surface area (Å²) in [7, 11) is 0. The van der Waals surface area contributed by atoms with Gasteiger partial charge in [0.1, 0.15) is 0 Å². The van der Waals surface area contributed by atoms with Gasteiger partial charge in [0.25, 0.3) is 0 Å². The molecule has 0 aliphatic heterocycles. The molecule has 0 spiro atoms. The van der Waals surface area contributed by atoms with Gasteiger partial charge in [-0.05, 0) is 29.7 Å². The summed E-state index contributed by atoms with van der Waals surface area (Å²) < 4.78 is 5.69. The van der Waals surface area contributed by atoms with E-state index in [2.05, 4.69) is 23.0 Å². The Morgan fingerprint density at radius 3 is 2.00 bits per heavy atom. The summed E-state index contributed by atoms with van der Waals surface area (Å²) in [5.74, 6) is 1.39. The van der Waals surface area contributed by atoms with E-state index >= 15 is 0 Å². The third kappa shape index (κ3) is 5.15. The number of aromatic nitrogens is 2. The quantitative estimate of drug-likeness (QED) is 0.489. The fraction of sp³-hybridized carbons (Fsp3) is 0.261. The number of nitrogens with zero attached hydrogens (tertiary/aromatic N) is 3. The largest absolute Gasteiger partial charge is 0.490 e. The Morgan fingerprint density at radius 2 is 1.41 bits per heavy atom. The molecule has 3 aromatic rings. The zero-order valence-electron chi connectivity index (χ0n) is 15.6. The van der Waals surface area contributed by atoms with Crippen molar-refractivity contribution in [1.29, 1.82) is 5.26 Å². The Kier molecular flexibility index (Phi) is 6.54. The first-order valence-electron chi connectivity index (χ1n) is 9.36. The molecule has 0 amide bonds. The summed E-state index contributed by atoms with van der Waals surface area (Å²) in [6.45, 7) is 2.91. The Hall–Kier alpha value is -3.19. The van der Waals surface area contributed by atoms with Gasteiger partial charge < -0.3 is 4.74 Å². The van der Waals surface area contributed by atoms with Crippen molar-refractivity contribution in [3.8, 4) is 34.3 Å². The molecule has 136 valence electrons. The molecule has 27 heavy (non-hydrogen) atoms. The van der Waals surface area contributed by atoms with E-state index in [1.165, 1.54) is 19.3 Å². The van der Waals surface area contributed by atoms with Crippen LogP contribution in [0, 0.1) is 11.3 Å². The summed E-state index contributed by atoms with van der Waals surface area (Å²) >= 11 is 0. The Morgan fingerprint density at radius 1 is 0.815 bits per heavy atom. The van der Waals surface area contributed by atoms with Gasteiger partial charge >= 0.3 is 0 Å². The highest BCUT2D eigenvalue weighted by atomic mass is 16.5. The molecule has 0 atom stereocenters. The summed E-state index contributed by atoms with van der Waals surface area (Å²) in [6.07, 6.45) is 8.19. The van der Waals surface area contributed by atoms with Crippen molar-refractivity contribution in [2.75, 3.05) is 6.61 Å². The van der Waals surface area contributed by atoms with Gasteiger partial charge in [0, 0.05) is 5.56 Å². The third-order valence-electron chi connectivity index (χ3n) is 4.39. The van der Waals surface area contributed by atoms with E-state index in [-0.39, 0.29) is 0 Å². The number of rotatable bonds is 8. The number of benzene rings is 2. The van der Waals surface area contributed by atoms with Crippen LogP contribution >= 0.6 is 0 Å². The average Bonchev–Trinajstić information content (AvgIpc) is 2.74. The minimum Gasteiger partial charge on any atom is -0.490 e. The molecule has 0 radical (unpaired) electrons. The van der Waals surface area contributed by atoms with Crippen molar-refractivity contribution >= 4 is 0 Å². The first kappa shape index (κ1) is 18.6. The molecule has 4 heteroatoms. The van der Waals surface area contributed by atoms with Crippen molar-refractivity contribution in [2.24, 2.45) is 0 Å². The maximum atomic E-state index is 8.89. The average molecular weight is 357 g/mol. The van der Waals surface area contributed by atoms with Crippen LogP contribution in [0.2, 0.25) is 0 Å². The van der Waals surface area contributed by atoms with Crippen LogP contribution in [0.5, 0.6) is 5.75 Å². The van der Waals surface area contributed by atoms with E-state index in [0.29, 0.717) is 23.7 Å². The second-order valence-corrected chi connectivity index (χ2v) is 6.42. The highest BCUT2D eigenvalue weighted by molar-refractivity contribution is 5.68. The topological polar surface area (TPSA) is 58.8 Å². The second kappa shape index (κ2) is 9.49. The molecule has 0 fully saturated rings. The number of unbranched alkanes of at least 4 members (excludes halogenated alkanes) is 3. The Bertz CT molecular complexity index is 879. The van der Waals surface area contributed by atoms with Crippen LogP contribution in [-0.4, -0.2) is 16.6 Å². The summed E-state index contributed by atoms with van der Waals surface area (Å²) in [4.78, 5) is 8.83. The van der Waals surface area contributed by atoms with Crippen molar-refractivity contribution in [1.82, 2.24) is 9.97 Å². The standard InChI is InChI=1S/C23H23N3O/c1-2-3-4-5-14-27-22-16-25-23(26-17-22)21-12-10-20(11-13-21)19-8-6-18(15-24)7-9-19/h6-13,16-17H,2-5,14H2,1H3. The lowest BCUT2D eigenvalue weighted by atomic mass is 10.0. The lowest BCUT2D eigenvalue weighted by molar-refractivity contribution is 0.303. The molecule has 1 aromatic heterocycles. The molecule has 0 saturated carbocycles.